The van der Waals surface area contributed by atoms with E-state index in [0.29, 0.717) is 5.69 Å². The molecular weight excluding hydrogens is 136 g/mol. The van der Waals surface area contributed by atoms with Gasteiger partial charge in [-0.1, -0.05) is 5.21 Å². The van der Waals surface area contributed by atoms with Gasteiger partial charge in [0.2, 0.25) is 6.54 Å². The summed E-state index contributed by atoms with van der Waals surface area (Å²) < 4.78 is 1.38. The maximum absolute atomic E-state index is 9.96. The monoisotopic (exact) mass is 142 g/mol. The zero-order valence-electron chi connectivity index (χ0n) is 5.39. The van der Waals surface area contributed by atoms with Gasteiger partial charge in [-0.15, -0.1) is 5.10 Å². The molecule has 1 rings (SSSR count). The molecule has 0 aromatic carbocycles. The van der Waals surface area contributed by atoms with Gasteiger partial charge in [0.05, 0.1) is 6.20 Å². The lowest BCUT2D eigenvalue weighted by atomic mass is 10.5. The van der Waals surface area contributed by atoms with Crippen LogP contribution < -0.4 is 0 Å². The third-order valence-electron chi connectivity index (χ3n) is 1.10. The summed E-state index contributed by atoms with van der Waals surface area (Å²) in [6.45, 7) is -0.219. The maximum atomic E-state index is 9.96. The van der Waals surface area contributed by atoms with Crippen LogP contribution in [0.5, 0.6) is 0 Å². The second kappa shape index (κ2) is 2.42. The molecule has 10 heavy (non-hydrogen) atoms. The quantitative estimate of drug-likeness (QED) is 0.415. The minimum absolute atomic E-state index is 0.219. The largest absolute Gasteiger partial charge is 0.264 e. The van der Waals surface area contributed by atoms with E-state index in [4.69, 9.17) is 0 Å². The summed E-state index contributed by atoms with van der Waals surface area (Å²) in [5, 5.41) is 17.0. The van der Waals surface area contributed by atoms with Crippen molar-refractivity contribution in [2.75, 3.05) is 0 Å². The Morgan fingerprint density at radius 1 is 1.90 bits per heavy atom. The number of nitrogens with zero attached hydrogens (tertiary/aromatic N) is 4. The van der Waals surface area contributed by atoms with Crippen LogP contribution in [0.15, 0.2) is 6.20 Å². The number of hydrogen-bond donors (Lipinski definition) is 0. The first-order chi connectivity index (χ1) is 4.70. The molecule has 0 saturated carbocycles. The third-order valence-corrected chi connectivity index (χ3v) is 1.10. The molecule has 6 heteroatoms. The zero-order valence-corrected chi connectivity index (χ0v) is 5.39. The topological polar surface area (TPSA) is 73.8 Å². The maximum Gasteiger partial charge on any atom is 0.246 e. The molecule has 1 aromatic rings. The van der Waals surface area contributed by atoms with Gasteiger partial charge in [-0.05, 0) is 0 Å². The van der Waals surface area contributed by atoms with Gasteiger partial charge in [0, 0.05) is 12.0 Å². The van der Waals surface area contributed by atoms with Crippen molar-refractivity contribution in [2.45, 2.75) is 6.54 Å². The summed E-state index contributed by atoms with van der Waals surface area (Å²) >= 11 is 0. The molecular formula is C4H6N4O2. The van der Waals surface area contributed by atoms with Crippen LogP contribution >= 0.6 is 0 Å². The Balaban J connectivity index is 2.74. The van der Waals surface area contributed by atoms with Crippen molar-refractivity contribution < 1.29 is 4.92 Å². The van der Waals surface area contributed by atoms with E-state index in [-0.39, 0.29) is 6.54 Å². The van der Waals surface area contributed by atoms with E-state index in [1.165, 1.54) is 10.9 Å². The SMILES string of the molecule is Cn1nncc1C[N+](=O)[O-]. The predicted molar refractivity (Wildman–Crippen MR) is 31.7 cm³/mol. The minimum atomic E-state index is -0.418. The molecule has 0 unspecified atom stereocenters. The van der Waals surface area contributed by atoms with Crippen LogP contribution in [0.4, 0.5) is 0 Å². The minimum Gasteiger partial charge on any atom is -0.264 e. The standard InChI is InChI=1S/C4H6N4O2/c1-7-4(2-5-6-7)3-8(9)10/h2H,3H2,1H3. The molecule has 0 radical (unpaired) electrons. The summed E-state index contributed by atoms with van der Waals surface area (Å²) in [5.41, 5.74) is 0.505. The van der Waals surface area contributed by atoms with Gasteiger partial charge >= 0.3 is 0 Å². The van der Waals surface area contributed by atoms with E-state index >= 15 is 0 Å². The number of aryl methyl sites for hydroxylation is 1. The van der Waals surface area contributed by atoms with Gasteiger partial charge in [0.15, 0.2) is 0 Å². The second-order valence-electron chi connectivity index (χ2n) is 1.84. The van der Waals surface area contributed by atoms with Gasteiger partial charge in [-0.25, -0.2) is 4.68 Å². The van der Waals surface area contributed by atoms with E-state index in [1.54, 1.807) is 7.05 Å². The van der Waals surface area contributed by atoms with Crippen molar-refractivity contribution in [1.82, 2.24) is 15.0 Å². The highest BCUT2D eigenvalue weighted by Gasteiger charge is 2.05. The number of nitro groups is 1. The molecule has 0 fully saturated rings. The summed E-state index contributed by atoms with van der Waals surface area (Å²) in [4.78, 5) is 9.54. The Bertz CT molecular complexity index is 243. The van der Waals surface area contributed by atoms with E-state index in [9.17, 15) is 10.1 Å². The van der Waals surface area contributed by atoms with Crippen LogP contribution in [-0.4, -0.2) is 19.9 Å². The summed E-state index contributed by atoms with van der Waals surface area (Å²) in [7, 11) is 1.62. The van der Waals surface area contributed by atoms with Crippen LogP contribution in [0.25, 0.3) is 0 Å². The summed E-state index contributed by atoms with van der Waals surface area (Å²) in [6.07, 6.45) is 1.38. The molecule has 6 nitrogen and oxygen atoms in total. The first-order valence-electron chi connectivity index (χ1n) is 2.65. The number of aromatic nitrogens is 3. The molecule has 0 saturated heterocycles. The van der Waals surface area contributed by atoms with Crippen LogP contribution in [0, 0.1) is 10.1 Å². The molecule has 0 aliphatic rings. The van der Waals surface area contributed by atoms with Gasteiger partial charge in [0.1, 0.15) is 5.69 Å². The van der Waals surface area contributed by atoms with E-state index < -0.39 is 4.92 Å². The molecule has 54 valence electrons. The van der Waals surface area contributed by atoms with Gasteiger partial charge in [0.25, 0.3) is 0 Å². The van der Waals surface area contributed by atoms with Crippen molar-refractivity contribution in [3.05, 3.63) is 22.0 Å². The molecule has 0 atom stereocenters. The highest BCUT2D eigenvalue weighted by molar-refractivity contribution is 4.89. The molecule has 0 amide bonds. The van der Waals surface area contributed by atoms with E-state index in [2.05, 4.69) is 10.3 Å². The lowest BCUT2D eigenvalue weighted by Gasteiger charge is -1.91. The van der Waals surface area contributed by atoms with Crippen LogP contribution in [0.1, 0.15) is 5.69 Å². The van der Waals surface area contributed by atoms with Crippen molar-refractivity contribution in [3.63, 3.8) is 0 Å². The van der Waals surface area contributed by atoms with Crippen molar-refractivity contribution >= 4 is 0 Å². The van der Waals surface area contributed by atoms with Crippen molar-refractivity contribution in [3.8, 4) is 0 Å². The highest BCUT2D eigenvalue weighted by Crippen LogP contribution is 1.93. The Hall–Kier alpha value is -1.46. The molecule has 0 aliphatic carbocycles. The average molecular weight is 142 g/mol. The van der Waals surface area contributed by atoms with Crippen LogP contribution in [0.3, 0.4) is 0 Å². The van der Waals surface area contributed by atoms with Crippen LogP contribution in [0.2, 0.25) is 0 Å². The molecule has 0 aliphatic heterocycles. The Morgan fingerprint density at radius 3 is 3.00 bits per heavy atom. The van der Waals surface area contributed by atoms with Gasteiger partial charge < -0.3 is 0 Å². The molecule has 0 bridgehead atoms. The Labute approximate surface area is 56.6 Å². The fourth-order valence-electron chi connectivity index (χ4n) is 0.586. The van der Waals surface area contributed by atoms with E-state index in [0.717, 1.165) is 0 Å². The van der Waals surface area contributed by atoms with Crippen LogP contribution in [-0.2, 0) is 13.6 Å². The fourth-order valence-corrected chi connectivity index (χ4v) is 0.586. The Morgan fingerprint density at radius 2 is 2.60 bits per heavy atom. The third kappa shape index (κ3) is 1.28. The lowest BCUT2D eigenvalue weighted by Crippen LogP contribution is -2.04. The number of hydrogen-bond acceptors (Lipinski definition) is 4. The molecule has 0 N–H and O–H groups in total. The lowest BCUT2D eigenvalue weighted by molar-refractivity contribution is -0.497. The van der Waals surface area contributed by atoms with Crippen molar-refractivity contribution in [2.24, 2.45) is 7.05 Å². The smallest absolute Gasteiger partial charge is 0.246 e. The Kier molecular flexibility index (Phi) is 1.61. The first-order valence-corrected chi connectivity index (χ1v) is 2.65. The normalized spacial score (nSPS) is 9.70. The average Bonchev–Trinajstić information content (AvgIpc) is 2.15. The molecule has 1 aromatic heterocycles. The first kappa shape index (κ1) is 6.66. The summed E-state index contributed by atoms with van der Waals surface area (Å²) in [6, 6.07) is 0. The second-order valence-corrected chi connectivity index (χ2v) is 1.84. The van der Waals surface area contributed by atoms with Crippen molar-refractivity contribution in [1.29, 1.82) is 0 Å². The molecule has 1 heterocycles. The fraction of sp³-hybridized carbons (Fsp3) is 0.500. The zero-order chi connectivity index (χ0) is 7.56. The highest BCUT2D eigenvalue weighted by atomic mass is 16.6. The summed E-state index contributed by atoms with van der Waals surface area (Å²) in [5.74, 6) is 0. The van der Waals surface area contributed by atoms with Gasteiger partial charge in [-0.3, -0.25) is 10.1 Å². The molecule has 0 spiro atoms. The number of rotatable bonds is 2. The van der Waals surface area contributed by atoms with Gasteiger partial charge in [-0.2, -0.15) is 0 Å². The van der Waals surface area contributed by atoms with E-state index in [1.807, 2.05) is 0 Å². The predicted octanol–water partition coefficient (Wildman–Crippen LogP) is -0.408.